The zero-order valence-corrected chi connectivity index (χ0v) is 10.9. The number of nitro groups is 1. The molecule has 3 rings (SSSR count). The average Bonchev–Trinajstić information content (AvgIpc) is 2.99. The molecule has 2 N–H and O–H groups in total. The van der Waals surface area contributed by atoms with Crippen molar-refractivity contribution in [1.82, 2.24) is 10.2 Å². The highest BCUT2D eigenvalue weighted by Crippen LogP contribution is 2.26. The normalized spacial score (nSPS) is 24.5. The van der Waals surface area contributed by atoms with Crippen LogP contribution in [0.2, 0.25) is 0 Å². The van der Waals surface area contributed by atoms with E-state index in [2.05, 4.69) is 10.6 Å². The highest BCUT2D eigenvalue weighted by Gasteiger charge is 2.38. The Balaban J connectivity index is 1.60. The molecule has 20 heavy (non-hydrogen) atoms. The third kappa shape index (κ3) is 2.44. The molecule has 2 fully saturated rings. The molecule has 7 nitrogen and oxygen atoms in total. The van der Waals surface area contributed by atoms with Crippen LogP contribution in [-0.4, -0.2) is 42.0 Å². The molecule has 2 atom stereocenters. The Bertz CT molecular complexity index is 519. The predicted octanol–water partition coefficient (Wildman–Crippen LogP) is 1.28. The lowest BCUT2D eigenvalue weighted by molar-refractivity contribution is -0.384. The maximum absolute atomic E-state index is 12.1. The third-order valence-electron chi connectivity index (χ3n) is 4.01. The second-order valence-electron chi connectivity index (χ2n) is 5.32. The van der Waals surface area contributed by atoms with Crippen molar-refractivity contribution < 1.29 is 9.72 Å². The van der Waals surface area contributed by atoms with Gasteiger partial charge in [-0.3, -0.25) is 10.1 Å². The first kappa shape index (κ1) is 12.9. The summed E-state index contributed by atoms with van der Waals surface area (Å²) in [6.07, 6.45) is 0. The lowest BCUT2D eigenvalue weighted by Gasteiger charge is -2.18. The van der Waals surface area contributed by atoms with Crippen LogP contribution in [-0.2, 0) is 0 Å². The van der Waals surface area contributed by atoms with Crippen molar-refractivity contribution in [3.63, 3.8) is 0 Å². The molecule has 2 heterocycles. The molecule has 2 aliphatic heterocycles. The summed E-state index contributed by atoms with van der Waals surface area (Å²) in [6.45, 7) is 3.50. The van der Waals surface area contributed by atoms with Gasteiger partial charge in [-0.05, 0) is 24.0 Å². The summed E-state index contributed by atoms with van der Waals surface area (Å²) < 4.78 is 0. The van der Waals surface area contributed by atoms with Gasteiger partial charge in [0.15, 0.2) is 0 Å². The molecule has 0 bridgehead atoms. The third-order valence-corrected chi connectivity index (χ3v) is 4.01. The van der Waals surface area contributed by atoms with Crippen LogP contribution in [0.15, 0.2) is 24.3 Å². The highest BCUT2D eigenvalue weighted by atomic mass is 16.6. The number of non-ortho nitro benzene ring substituents is 1. The van der Waals surface area contributed by atoms with Crippen molar-refractivity contribution in [3.05, 3.63) is 34.4 Å². The van der Waals surface area contributed by atoms with Gasteiger partial charge in [-0.25, -0.2) is 4.79 Å². The van der Waals surface area contributed by atoms with Crippen molar-refractivity contribution >= 4 is 17.4 Å². The fraction of sp³-hybridized carbons (Fsp3) is 0.462. The van der Waals surface area contributed by atoms with Crippen LogP contribution < -0.4 is 10.6 Å². The Hall–Kier alpha value is -2.15. The smallest absolute Gasteiger partial charge is 0.321 e. The number of urea groups is 1. The molecule has 106 valence electrons. The summed E-state index contributed by atoms with van der Waals surface area (Å²) in [6, 6.07) is 5.74. The van der Waals surface area contributed by atoms with Gasteiger partial charge in [-0.2, -0.15) is 0 Å². The van der Waals surface area contributed by atoms with Crippen molar-refractivity contribution in [2.45, 2.75) is 0 Å². The number of amides is 2. The van der Waals surface area contributed by atoms with Crippen LogP contribution in [0.25, 0.3) is 0 Å². The van der Waals surface area contributed by atoms with Gasteiger partial charge in [-0.15, -0.1) is 0 Å². The minimum atomic E-state index is -0.458. The lowest BCUT2D eigenvalue weighted by atomic mass is 10.0. The van der Waals surface area contributed by atoms with Gasteiger partial charge in [0.2, 0.25) is 0 Å². The van der Waals surface area contributed by atoms with E-state index in [1.165, 1.54) is 12.1 Å². The number of likely N-dealkylation sites (tertiary alicyclic amines) is 1. The van der Waals surface area contributed by atoms with Crippen molar-refractivity contribution in [2.24, 2.45) is 11.8 Å². The number of carbonyl (C=O) groups excluding carboxylic acids is 1. The van der Waals surface area contributed by atoms with Gasteiger partial charge in [0.05, 0.1) is 4.92 Å². The van der Waals surface area contributed by atoms with Gasteiger partial charge in [0.1, 0.15) is 0 Å². The monoisotopic (exact) mass is 276 g/mol. The van der Waals surface area contributed by atoms with E-state index in [9.17, 15) is 14.9 Å². The lowest BCUT2D eigenvalue weighted by Crippen LogP contribution is -2.35. The zero-order chi connectivity index (χ0) is 14.1. The van der Waals surface area contributed by atoms with Gasteiger partial charge >= 0.3 is 6.03 Å². The Morgan fingerprint density at radius 3 is 2.40 bits per heavy atom. The number of nitro benzene ring substituents is 1. The van der Waals surface area contributed by atoms with Crippen LogP contribution in [0.3, 0.4) is 0 Å². The van der Waals surface area contributed by atoms with Crippen LogP contribution in [0.1, 0.15) is 0 Å². The summed E-state index contributed by atoms with van der Waals surface area (Å²) in [4.78, 5) is 24.0. The Labute approximate surface area is 116 Å². The van der Waals surface area contributed by atoms with E-state index in [1.807, 2.05) is 4.90 Å². The molecular weight excluding hydrogens is 260 g/mol. The largest absolute Gasteiger partial charge is 0.324 e. The topological polar surface area (TPSA) is 87.5 Å². The summed E-state index contributed by atoms with van der Waals surface area (Å²) in [7, 11) is 0. The molecule has 0 spiro atoms. The first-order valence-corrected chi connectivity index (χ1v) is 6.64. The SMILES string of the molecule is O=C(Nc1ccc([N+](=O)[O-])cc1)N1CC2CNCC2C1. The van der Waals surface area contributed by atoms with E-state index >= 15 is 0 Å². The van der Waals surface area contributed by atoms with E-state index in [-0.39, 0.29) is 11.7 Å². The second kappa shape index (κ2) is 5.09. The molecule has 2 saturated heterocycles. The number of anilines is 1. The minimum Gasteiger partial charge on any atom is -0.324 e. The first-order valence-electron chi connectivity index (χ1n) is 6.64. The van der Waals surface area contributed by atoms with Crippen LogP contribution in [0.4, 0.5) is 16.2 Å². The molecule has 0 saturated carbocycles. The summed E-state index contributed by atoms with van der Waals surface area (Å²) in [5.41, 5.74) is 0.598. The molecule has 1 aromatic rings. The quantitative estimate of drug-likeness (QED) is 0.629. The minimum absolute atomic E-state index is 0.0183. The Morgan fingerprint density at radius 1 is 1.25 bits per heavy atom. The highest BCUT2D eigenvalue weighted by molar-refractivity contribution is 5.89. The van der Waals surface area contributed by atoms with E-state index in [0.717, 1.165) is 26.2 Å². The number of carbonyl (C=O) groups is 1. The molecule has 2 unspecified atom stereocenters. The van der Waals surface area contributed by atoms with Crippen LogP contribution in [0.5, 0.6) is 0 Å². The summed E-state index contributed by atoms with van der Waals surface area (Å²) in [5, 5.41) is 16.7. The molecule has 1 aromatic carbocycles. The molecule has 2 amide bonds. The number of nitrogens with zero attached hydrogens (tertiary/aromatic N) is 2. The van der Waals surface area contributed by atoms with E-state index in [4.69, 9.17) is 0 Å². The van der Waals surface area contributed by atoms with Gasteiger partial charge in [0.25, 0.3) is 5.69 Å². The number of fused-ring (bicyclic) bond motifs is 1. The van der Waals surface area contributed by atoms with Crippen LogP contribution >= 0.6 is 0 Å². The summed E-state index contributed by atoms with van der Waals surface area (Å²) >= 11 is 0. The van der Waals surface area contributed by atoms with Gasteiger partial charge in [-0.1, -0.05) is 0 Å². The number of benzene rings is 1. The number of rotatable bonds is 2. The summed E-state index contributed by atoms with van der Waals surface area (Å²) in [5.74, 6) is 1.11. The predicted molar refractivity (Wildman–Crippen MR) is 73.5 cm³/mol. The number of hydrogen-bond donors (Lipinski definition) is 2. The maximum Gasteiger partial charge on any atom is 0.321 e. The van der Waals surface area contributed by atoms with Crippen molar-refractivity contribution in [3.8, 4) is 0 Å². The standard InChI is InChI=1S/C13H16N4O3/c18-13(16-7-9-5-14-6-10(9)8-16)15-11-1-3-12(4-2-11)17(19)20/h1-4,9-10,14H,5-8H2,(H,15,18). The van der Waals surface area contributed by atoms with E-state index in [1.54, 1.807) is 12.1 Å². The van der Waals surface area contributed by atoms with Gasteiger partial charge < -0.3 is 15.5 Å². The van der Waals surface area contributed by atoms with Crippen molar-refractivity contribution in [1.29, 1.82) is 0 Å². The molecular formula is C13H16N4O3. The number of hydrogen-bond acceptors (Lipinski definition) is 4. The molecule has 7 heteroatoms. The molecule has 0 radical (unpaired) electrons. The number of nitrogens with one attached hydrogen (secondary N) is 2. The van der Waals surface area contributed by atoms with E-state index in [0.29, 0.717) is 17.5 Å². The van der Waals surface area contributed by atoms with E-state index < -0.39 is 4.92 Å². The van der Waals surface area contributed by atoms with Crippen molar-refractivity contribution in [2.75, 3.05) is 31.5 Å². The second-order valence-corrected chi connectivity index (χ2v) is 5.32. The molecule has 0 aliphatic carbocycles. The fourth-order valence-electron chi connectivity index (χ4n) is 2.89. The average molecular weight is 276 g/mol. The van der Waals surface area contributed by atoms with Gasteiger partial charge in [0, 0.05) is 44.0 Å². The Morgan fingerprint density at radius 2 is 1.85 bits per heavy atom. The molecule has 0 aromatic heterocycles. The first-order chi connectivity index (χ1) is 9.63. The maximum atomic E-state index is 12.1. The van der Waals surface area contributed by atoms with Crippen LogP contribution in [0, 0.1) is 22.0 Å². The fourth-order valence-corrected chi connectivity index (χ4v) is 2.89. The Kier molecular flexibility index (Phi) is 3.27. The molecule has 2 aliphatic rings. The zero-order valence-electron chi connectivity index (χ0n) is 10.9.